The van der Waals surface area contributed by atoms with Crippen molar-refractivity contribution < 1.29 is 0 Å². The molecule has 1 aliphatic carbocycles. The van der Waals surface area contributed by atoms with E-state index in [1.807, 2.05) is 6.20 Å². The van der Waals surface area contributed by atoms with Crippen LogP contribution in [0.25, 0.3) is 0 Å². The van der Waals surface area contributed by atoms with Crippen LogP contribution in [0.2, 0.25) is 0 Å². The molecule has 1 saturated heterocycles. The average molecular weight is 205 g/mol. The van der Waals surface area contributed by atoms with Gasteiger partial charge in [0.15, 0.2) is 0 Å². The van der Waals surface area contributed by atoms with E-state index < -0.39 is 0 Å². The summed E-state index contributed by atoms with van der Waals surface area (Å²) in [5, 5.41) is 3.56. The molecule has 3 rings (SSSR count). The molecule has 1 aromatic heterocycles. The van der Waals surface area contributed by atoms with Crippen molar-refractivity contribution in [2.45, 2.75) is 50.5 Å². The predicted octanol–water partition coefficient (Wildman–Crippen LogP) is 1.97. The quantitative estimate of drug-likeness (QED) is 0.792. The summed E-state index contributed by atoms with van der Waals surface area (Å²) in [7, 11) is 0. The van der Waals surface area contributed by atoms with E-state index in [9.17, 15) is 0 Å². The lowest BCUT2D eigenvalue weighted by Crippen LogP contribution is -2.35. The Bertz CT molecular complexity index is 321. The standard InChI is InChI=1S/C12H19N3/c1-2-6-13-10(3-1)7-12-14-8-11(15-12)9-4-5-9/h8-10,13H,1-7H2,(H,14,15). The van der Waals surface area contributed by atoms with Gasteiger partial charge in [0.1, 0.15) is 5.82 Å². The molecule has 1 atom stereocenters. The maximum absolute atomic E-state index is 4.48. The third-order valence-corrected chi connectivity index (χ3v) is 3.52. The molecule has 2 aliphatic rings. The molecule has 0 radical (unpaired) electrons. The molecule has 3 nitrogen and oxygen atoms in total. The van der Waals surface area contributed by atoms with Crippen LogP contribution in [0, 0.1) is 0 Å². The van der Waals surface area contributed by atoms with Gasteiger partial charge in [0, 0.05) is 30.3 Å². The number of hydrogen-bond acceptors (Lipinski definition) is 2. The van der Waals surface area contributed by atoms with Crippen LogP contribution >= 0.6 is 0 Å². The van der Waals surface area contributed by atoms with Crippen LogP contribution in [0.15, 0.2) is 6.20 Å². The molecule has 0 amide bonds. The lowest BCUT2D eigenvalue weighted by atomic mass is 10.0. The third-order valence-electron chi connectivity index (χ3n) is 3.52. The highest BCUT2D eigenvalue weighted by Crippen LogP contribution is 2.38. The first-order chi connectivity index (χ1) is 7.42. The second kappa shape index (κ2) is 3.97. The number of rotatable bonds is 3. The first-order valence-electron chi connectivity index (χ1n) is 6.19. The molecular formula is C12H19N3. The van der Waals surface area contributed by atoms with Crippen molar-refractivity contribution in [1.29, 1.82) is 0 Å². The van der Waals surface area contributed by atoms with E-state index in [0.29, 0.717) is 6.04 Å². The summed E-state index contributed by atoms with van der Waals surface area (Å²) in [4.78, 5) is 7.95. The highest BCUT2D eigenvalue weighted by Gasteiger charge is 2.25. The topological polar surface area (TPSA) is 40.7 Å². The Balaban J connectivity index is 1.60. The summed E-state index contributed by atoms with van der Waals surface area (Å²) in [5.41, 5.74) is 1.36. The maximum atomic E-state index is 4.48. The van der Waals surface area contributed by atoms with Crippen LogP contribution in [0.5, 0.6) is 0 Å². The fourth-order valence-electron chi connectivity index (χ4n) is 2.42. The third kappa shape index (κ3) is 2.23. The molecule has 1 aromatic rings. The fraction of sp³-hybridized carbons (Fsp3) is 0.750. The first-order valence-corrected chi connectivity index (χ1v) is 6.19. The fourth-order valence-corrected chi connectivity index (χ4v) is 2.42. The molecule has 3 heteroatoms. The van der Waals surface area contributed by atoms with Crippen LogP contribution in [0.4, 0.5) is 0 Å². The SMILES string of the molecule is c1nc(CC2CCCCN2)[nH]c1C1CC1. The molecule has 15 heavy (non-hydrogen) atoms. The number of imidazole rings is 1. The van der Waals surface area contributed by atoms with E-state index >= 15 is 0 Å². The number of H-pyrrole nitrogens is 1. The van der Waals surface area contributed by atoms with Gasteiger partial charge in [0.2, 0.25) is 0 Å². The Morgan fingerprint density at radius 3 is 2.93 bits per heavy atom. The van der Waals surface area contributed by atoms with Gasteiger partial charge in [-0.05, 0) is 32.2 Å². The zero-order valence-electron chi connectivity index (χ0n) is 9.13. The van der Waals surface area contributed by atoms with Gasteiger partial charge in [-0.25, -0.2) is 4.98 Å². The molecule has 1 aliphatic heterocycles. The molecule has 0 spiro atoms. The molecule has 1 saturated carbocycles. The number of nitrogens with zero attached hydrogens (tertiary/aromatic N) is 1. The summed E-state index contributed by atoms with van der Waals surface area (Å²) in [6.07, 6.45) is 9.82. The van der Waals surface area contributed by atoms with Crippen molar-refractivity contribution in [2.24, 2.45) is 0 Å². The van der Waals surface area contributed by atoms with E-state index in [1.54, 1.807) is 0 Å². The lowest BCUT2D eigenvalue weighted by Gasteiger charge is -2.22. The monoisotopic (exact) mass is 205 g/mol. The van der Waals surface area contributed by atoms with Gasteiger partial charge in [0.05, 0.1) is 0 Å². The zero-order valence-corrected chi connectivity index (χ0v) is 9.13. The second-order valence-corrected chi connectivity index (χ2v) is 4.91. The molecule has 2 N–H and O–H groups in total. The first kappa shape index (κ1) is 9.40. The van der Waals surface area contributed by atoms with E-state index in [0.717, 1.165) is 12.3 Å². The largest absolute Gasteiger partial charge is 0.346 e. The van der Waals surface area contributed by atoms with Gasteiger partial charge >= 0.3 is 0 Å². The van der Waals surface area contributed by atoms with E-state index in [-0.39, 0.29) is 0 Å². The molecule has 0 bridgehead atoms. The molecular weight excluding hydrogens is 186 g/mol. The number of aromatic amines is 1. The van der Waals surface area contributed by atoms with E-state index in [1.165, 1.54) is 50.2 Å². The Hall–Kier alpha value is -0.830. The zero-order chi connectivity index (χ0) is 10.1. The minimum atomic E-state index is 0.650. The van der Waals surface area contributed by atoms with Crippen molar-refractivity contribution in [3.63, 3.8) is 0 Å². The Labute approximate surface area is 90.7 Å². The number of aromatic nitrogens is 2. The summed E-state index contributed by atoms with van der Waals surface area (Å²) >= 11 is 0. The molecule has 2 heterocycles. The van der Waals surface area contributed by atoms with Gasteiger partial charge in [-0.2, -0.15) is 0 Å². The lowest BCUT2D eigenvalue weighted by molar-refractivity contribution is 0.395. The molecule has 82 valence electrons. The van der Waals surface area contributed by atoms with E-state index in [2.05, 4.69) is 15.3 Å². The Morgan fingerprint density at radius 1 is 1.27 bits per heavy atom. The van der Waals surface area contributed by atoms with Crippen molar-refractivity contribution in [2.75, 3.05) is 6.54 Å². The smallest absolute Gasteiger partial charge is 0.107 e. The summed E-state index contributed by atoms with van der Waals surface area (Å²) < 4.78 is 0. The normalized spacial score (nSPS) is 26.8. The molecule has 2 fully saturated rings. The summed E-state index contributed by atoms with van der Waals surface area (Å²) in [6.45, 7) is 1.18. The minimum Gasteiger partial charge on any atom is -0.346 e. The van der Waals surface area contributed by atoms with Gasteiger partial charge in [-0.15, -0.1) is 0 Å². The molecule has 0 aromatic carbocycles. The van der Waals surface area contributed by atoms with Crippen molar-refractivity contribution in [3.8, 4) is 0 Å². The highest BCUT2D eigenvalue weighted by atomic mass is 15.0. The van der Waals surface area contributed by atoms with Gasteiger partial charge in [-0.1, -0.05) is 6.42 Å². The van der Waals surface area contributed by atoms with Crippen LogP contribution in [-0.4, -0.2) is 22.6 Å². The number of hydrogen-bond donors (Lipinski definition) is 2. The van der Waals surface area contributed by atoms with Crippen LogP contribution in [0.1, 0.15) is 49.5 Å². The van der Waals surface area contributed by atoms with Gasteiger partial charge < -0.3 is 10.3 Å². The number of piperidine rings is 1. The summed E-state index contributed by atoms with van der Waals surface area (Å²) in [6, 6.07) is 0.650. The summed E-state index contributed by atoms with van der Waals surface area (Å²) in [5.74, 6) is 1.97. The highest BCUT2D eigenvalue weighted by molar-refractivity contribution is 5.13. The average Bonchev–Trinajstić information content (AvgIpc) is 3.02. The minimum absolute atomic E-state index is 0.650. The van der Waals surface area contributed by atoms with Crippen LogP contribution < -0.4 is 5.32 Å². The van der Waals surface area contributed by atoms with Gasteiger partial charge in [0.25, 0.3) is 0 Å². The van der Waals surface area contributed by atoms with Crippen molar-refractivity contribution in [1.82, 2.24) is 15.3 Å². The van der Waals surface area contributed by atoms with Crippen molar-refractivity contribution >= 4 is 0 Å². The predicted molar refractivity (Wildman–Crippen MR) is 59.9 cm³/mol. The van der Waals surface area contributed by atoms with Crippen LogP contribution in [0.3, 0.4) is 0 Å². The Morgan fingerprint density at radius 2 is 2.20 bits per heavy atom. The Kier molecular flexibility index (Phi) is 2.49. The van der Waals surface area contributed by atoms with Gasteiger partial charge in [-0.3, -0.25) is 0 Å². The van der Waals surface area contributed by atoms with Crippen molar-refractivity contribution in [3.05, 3.63) is 17.7 Å². The maximum Gasteiger partial charge on any atom is 0.107 e. The molecule has 1 unspecified atom stereocenters. The van der Waals surface area contributed by atoms with E-state index in [4.69, 9.17) is 0 Å². The number of nitrogens with one attached hydrogen (secondary N) is 2. The van der Waals surface area contributed by atoms with Crippen LogP contribution in [-0.2, 0) is 6.42 Å². The second-order valence-electron chi connectivity index (χ2n) is 4.91.